The Balaban J connectivity index is 2.37. The van der Waals surface area contributed by atoms with Crippen LogP contribution in [0.2, 0.25) is 5.02 Å². The number of aromatic nitrogens is 3. The Morgan fingerprint density at radius 2 is 2.31 bits per heavy atom. The lowest BCUT2D eigenvalue weighted by Crippen LogP contribution is -1.97. The van der Waals surface area contributed by atoms with Crippen LogP contribution in [0.1, 0.15) is 5.82 Å². The van der Waals surface area contributed by atoms with Crippen LogP contribution in [0.5, 0.6) is 5.75 Å². The number of aromatic amines is 1. The molecular formula is C10H11ClN4O. The van der Waals surface area contributed by atoms with Crippen molar-refractivity contribution < 1.29 is 4.74 Å². The second kappa shape index (κ2) is 4.51. The lowest BCUT2D eigenvalue weighted by Gasteiger charge is -2.03. The summed E-state index contributed by atoms with van der Waals surface area (Å²) in [5, 5.41) is 7.31. The van der Waals surface area contributed by atoms with Gasteiger partial charge in [-0.25, -0.2) is 4.98 Å². The molecule has 0 bridgehead atoms. The van der Waals surface area contributed by atoms with Crippen molar-refractivity contribution in [3.63, 3.8) is 0 Å². The molecule has 2 rings (SSSR count). The van der Waals surface area contributed by atoms with E-state index in [9.17, 15) is 0 Å². The molecule has 0 unspecified atom stereocenters. The number of benzene rings is 1. The minimum absolute atomic E-state index is 0.330. The highest BCUT2D eigenvalue weighted by Gasteiger charge is 2.07. The Hall–Kier alpha value is -1.59. The third kappa shape index (κ3) is 2.00. The van der Waals surface area contributed by atoms with Crippen molar-refractivity contribution in [2.75, 3.05) is 7.11 Å². The second-order valence-corrected chi connectivity index (χ2v) is 3.57. The van der Waals surface area contributed by atoms with E-state index in [1.165, 1.54) is 0 Å². The Kier molecular flexibility index (Phi) is 3.07. The standard InChI is InChI=1S/C10H11ClN4O/c1-16-8-3-2-6(4-7(8)11)10-13-9(5-12)14-15-10/h2-4H,5,12H2,1H3,(H,13,14,15). The number of hydrogen-bond donors (Lipinski definition) is 2. The van der Waals surface area contributed by atoms with Crippen molar-refractivity contribution in [3.05, 3.63) is 29.0 Å². The maximum absolute atomic E-state index is 6.00. The van der Waals surface area contributed by atoms with E-state index in [-0.39, 0.29) is 0 Å². The highest BCUT2D eigenvalue weighted by molar-refractivity contribution is 6.32. The average molecular weight is 239 g/mol. The summed E-state index contributed by atoms with van der Waals surface area (Å²) in [7, 11) is 1.57. The first-order valence-electron chi connectivity index (χ1n) is 4.70. The van der Waals surface area contributed by atoms with Crippen LogP contribution in [-0.2, 0) is 6.54 Å². The summed E-state index contributed by atoms with van der Waals surface area (Å²) >= 11 is 6.00. The van der Waals surface area contributed by atoms with E-state index in [0.717, 1.165) is 5.56 Å². The SMILES string of the molecule is COc1ccc(-c2n[nH]c(CN)n2)cc1Cl. The smallest absolute Gasteiger partial charge is 0.181 e. The first kappa shape index (κ1) is 10.9. The number of nitrogens with zero attached hydrogens (tertiary/aromatic N) is 2. The van der Waals surface area contributed by atoms with Crippen molar-refractivity contribution in [2.24, 2.45) is 5.73 Å². The summed E-state index contributed by atoms with van der Waals surface area (Å²) in [6, 6.07) is 5.37. The van der Waals surface area contributed by atoms with E-state index < -0.39 is 0 Å². The van der Waals surface area contributed by atoms with Crippen LogP contribution in [0.15, 0.2) is 18.2 Å². The van der Waals surface area contributed by atoms with Gasteiger partial charge in [0, 0.05) is 5.56 Å². The zero-order valence-corrected chi connectivity index (χ0v) is 9.45. The molecule has 0 fully saturated rings. The van der Waals surface area contributed by atoms with Gasteiger partial charge < -0.3 is 10.5 Å². The summed E-state index contributed by atoms with van der Waals surface area (Å²) in [5.41, 5.74) is 6.26. The summed E-state index contributed by atoms with van der Waals surface area (Å²) in [6.07, 6.45) is 0. The van der Waals surface area contributed by atoms with Gasteiger partial charge in [-0.05, 0) is 18.2 Å². The normalized spacial score (nSPS) is 10.4. The van der Waals surface area contributed by atoms with Crippen LogP contribution in [0, 0.1) is 0 Å². The predicted molar refractivity (Wildman–Crippen MR) is 61.3 cm³/mol. The number of methoxy groups -OCH3 is 1. The molecule has 3 N–H and O–H groups in total. The Labute approximate surface area is 97.6 Å². The molecule has 1 aromatic heterocycles. The number of nitrogens with two attached hydrogens (primary N) is 1. The lowest BCUT2D eigenvalue weighted by molar-refractivity contribution is 0.415. The molecule has 2 aromatic rings. The zero-order valence-electron chi connectivity index (χ0n) is 8.70. The number of ether oxygens (including phenoxy) is 1. The topological polar surface area (TPSA) is 76.8 Å². The molecule has 1 heterocycles. The molecule has 0 atom stereocenters. The highest BCUT2D eigenvalue weighted by atomic mass is 35.5. The van der Waals surface area contributed by atoms with Gasteiger partial charge in [-0.15, -0.1) is 0 Å². The van der Waals surface area contributed by atoms with E-state index >= 15 is 0 Å². The van der Waals surface area contributed by atoms with Crippen LogP contribution in [0.4, 0.5) is 0 Å². The van der Waals surface area contributed by atoms with Crippen LogP contribution < -0.4 is 10.5 Å². The molecule has 0 radical (unpaired) electrons. The minimum Gasteiger partial charge on any atom is -0.495 e. The molecule has 6 heteroatoms. The zero-order chi connectivity index (χ0) is 11.5. The molecule has 16 heavy (non-hydrogen) atoms. The number of hydrogen-bond acceptors (Lipinski definition) is 4. The van der Waals surface area contributed by atoms with Crippen LogP contribution in [0.25, 0.3) is 11.4 Å². The largest absolute Gasteiger partial charge is 0.495 e. The average Bonchev–Trinajstić information content (AvgIpc) is 2.77. The second-order valence-electron chi connectivity index (χ2n) is 3.16. The van der Waals surface area contributed by atoms with E-state index in [2.05, 4.69) is 15.2 Å². The quantitative estimate of drug-likeness (QED) is 0.852. The van der Waals surface area contributed by atoms with Crippen LogP contribution in [0.3, 0.4) is 0 Å². The van der Waals surface area contributed by atoms with Crippen molar-refractivity contribution in [1.82, 2.24) is 15.2 Å². The molecule has 0 aliphatic carbocycles. The van der Waals surface area contributed by atoms with Gasteiger partial charge in [0.05, 0.1) is 18.7 Å². The molecule has 0 aliphatic heterocycles. The fraction of sp³-hybridized carbons (Fsp3) is 0.200. The van der Waals surface area contributed by atoms with E-state index in [0.29, 0.717) is 29.0 Å². The van der Waals surface area contributed by atoms with Crippen LogP contribution in [-0.4, -0.2) is 22.3 Å². The van der Waals surface area contributed by atoms with Gasteiger partial charge in [-0.2, -0.15) is 5.10 Å². The summed E-state index contributed by atoms with van der Waals surface area (Å²) in [6.45, 7) is 0.330. The highest BCUT2D eigenvalue weighted by Crippen LogP contribution is 2.28. The number of H-pyrrole nitrogens is 1. The van der Waals surface area contributed by atoms with E-state index in [4.69, 9.17) is 22.1 Å². The van der Waals surface area contributed by atoms with Gasteiger partial charge >= 0.3 is 0 Å². The van der Waals surface area contributed by atoms with Gasteiger partial charge in [0.15, 0.2) is 5.82 Å². The van der Waals surface area contributed by atoms with E-state index in [1.807, 2.05) is 6.07 Å². The van der Waals surface area contributed by atoms with Gasteiger partial charge in [-0.3, -0.25) is 5.10 Å². The molecule has 1 aromatic carbocycles. The molecule has 84 valence electrons. The van der Waals surface area contributed by atoms with Crippen molar-refractivity contribution >= 4 is 11.6 Å². The summed E-state index contributed by atoms with van der Waals surface area (Å²) in [5.74, 6) is 1.84. The molecule has 0 amide bonds. The fourth-order valence-electron chi connectivity index (χ4n) is 1.32. The van der Waals surface area contributed by atoms with Crippen molar-refractivity contribution in [3.8, 4) is 17.1 Å². The van der Waals surface area contributed by atoms with Gasteiger partial charge in [0.25, 0.3) is 0 Å². The number of halogens is 1. The first-order chi connectivity index (χ1) is 7.74. The van der Waals surface area contributed by atoms with Gasteiger partial charge in [0.2, 0.25) is 0 Å². The Morgan fingerprint density at radius 1 is 1.50 bits per heavy atom. The van der Waals surface area contributed by atoms with E-state index in [1.54, 1.807) is 19.2 Å². The number of nitrogens with one attached hydrogen (secondary N) is 1. The first-order valence-corrected chi connectivity index (χ1v) is 5.07. The van der Waals surface area contributed by atoms with Crippen LogP contribution >= 0.6 is 11.6 Å². The summed E-state index contributed by atoms with van der Waals surface area (Å²) < 4.78 is 5.06. The van der Waals surface area contributed by atoms with Gasteiger partial charge in [0.1, 0.15) is 11.6 Å². The Bertz CT molecular complexity index is 497. The number of rotatable bonds is 3. The third-order valence-electron chi connectivity index (χ3n) is 2.14. The third-order valence-corrected chi connectivity index (χ3v) is 2.43. The minimum atomic E-state index is 0.330. The molecule has 0 saturated heterocycles. The molecular weight excluding hydrogens is 228 g/mol. The molecule has 0 aliphatic rings. The summed E-state index contributed by atoms with van der Waals surface area (Å²) in [4.78, 5) is 4.20. The monoisotopic (exact) mass is 238 g/mol. The van der Waals surface area contributed by atoms with Crippen molar-refractivity contribution in [2.45, 2.75) is 6.54 Å². The predicted octanol–water partition coefficient (Wildman–Crippen LogP) is 1.59. The molecule has 0 saturated carbocycles. The lowest BCUT2D eigenvalue weighted by atomic mass is 10.2. The molecule has 5 nitrogen and oxygen atoms in total. The van der Waals surface area contributed by atoms with Gasteiger partial charge in [-0.1, -0.05) is 11.6 Å². The maximum Gasteiger partial charge on any atom is 0.181 e. The fourth-order valence-corrected chi connectivity index (χ4v) is 1.58. The molecule has 0 spiro atoms. The van der Waals surface area contributed by atoms with Crippen molar-refractivity contribution in [1.29, 1.82) is 0 Å². The maximum atomic E-state index is 6.00. The Morgan fingerprint density at radius 3 is 2.88 bits per heavy atom.